The third-order valence-electron chi connectivity index (χ3n) is 5.09. The van der Waals surface area contributed by atoms with E-state index in [0.717, 1.165) is 18.9 Å². The fraction of sp³-hybridized carbons (Fsp3) is 0.444. The van der Waals surface area contributed by atoms with Gasteiger partial charge in [0.1, 0.15) is 17.6 Å². The zero-order chi connectivity index (χ0) is 19.1. The van der Waals surface area contributed by atoms with Crippen molar-refractivity contribution in [2.45, 2.75) is 18.9 Å². The van der Waals surface area contributed by atoms with Gasteiger partial charge in [0.15, 0.2) is 5.82 Å². The number of H-pyrrole nitrogens is 1. The summed E-state index contributed by atoms with van der Waals surface area (Å²) in [6, 6.07) is 2.46. The quantitative estimate of drug-likeness (QED) is 0.847. The van der Waals surface area contributed by atoms with Crippen molar-refractivity contribution in [3.8, 4) is 0 Å². The molecule has 2 amide bonds. The Hall–Kier alpha value is -2.19. The fourth-order valence-corrected chi connectivity index (χ4v) is 3.84. The van der Waals surface area contributed by atoms with Crippen LogP contribution < -0.4 is 0 Å². The number of piperazine rings is 1. The Labute approximate surface area is 159 Å². The number of ether oxygens (including phenoxy) is 1. The van der Waals surface area contributed by atoms with E-state index in [-0.39, 0.29) is 40.6 Å². The van der Waals surface area contributed by atoms with Crippen molar-refractivity contribution >= 4 is 34.3 Å². The summed E-state index contributed by atoms with van der Waals surface area (Å²) >= 11 is 5.84. The van der Waals surface area contributed by atoms with Gasteiger partial charge in [0.05, 0.1) is 15.9 Å². The summed E-state index contributed by atoms with van der Waals surface area (Å²) in [6.07, 6.45) is 1.20. The zero-order valence-corrected chi connectivity index (χ0v) is 15.2. The minimum atomic E-state index is -0.864. The van der Waals surface area contributed by atoms with Crippen LogP contribution in [0.2, 0.25) is 5.02 Å². The maximum atomic E-state index is 14.7. The second kappa shape index (κ2) is 7.09. The topological polar surface area (TPSA) is 65.6 Å². The van der Waals surface area contributed by atoms with Crippen molar-refractivity contribution in [2.24, 2.45) is 0 Å². The number of rotatable bonds is 2. The Bertz CT molecular complexity index is 903. The first-order valence-electron chi connectivity index (χ1n) is 8.82. The molecule has 1 atom stereocenters. The second-order valence-corrected chi connectivity index (χ2v) is 7.10. The van der Waals surface area contributed by atoms with E-state index < -0.39 is 23.6 Å². The molecule has 4 rings (SSSR count). The number of carbonyl (C=O) groups excluding carboxylic acids is 2. The lowest BCUT2D eigenvalue weighted by Gasteiger charge is -2.35. The first kappa shape index (κ1) is 18.2. The van der Waals surface area contributed by atoms with Crippen LogP contribution in [-0.4, -0.2) is 65.5 Å². The number of amides is 2. The predicted molar refractivity (Wildman–Crippen MR) is 94.7 cm³/mol. The molecule has 2 fully saturated rings. The van der Waals surface area contributed by atoms with E-state index >= 15 is 0 Å². The molecule has 0 unspecified atom stereocenters. The van der Waals surface area contributed by atoms with Gasteiger partial charge in [-0.2, -0.15) is 0 Å². The average molecular weight is 398 g/mol. The molecule has 0 spiro atoms. The van der Waals surface area contributed by atoms with Crippen LogP contribution >= 0.6 is 11.6 Å². The molecule has 0 saturated carbocycles. The van der Waals surface area contributed by atoms with Gasteiger partial charge in [0, 0.05) is 32.8 Å². The maximum Gasteiger partial charge on any atom is 0.273 e. The average Bonchev–Trinajstić information content (AvgIpc) is 3.32. The smallest absolute Gasteiger partial charge is 0.273 e. The summed E-state index contributed by atoms with van der Waals surface area (Å²) in [5.41, 5.74) is 0.00542. The van der Waals surface area contributed by atoms with E-state index in [0.29, 0.717) is 19.7 Å². The summed E-state index contributed by atoms with van der Waals surface area (Å²) < 4.78 is 33.7. The number of hydrogen-bond donors (Lipinski definition) is 1. The van der Waals surface area contributed by atoms with Crippen LogP contribution in [0, 0.1) is 11.6 Å². The van der Waals surface area contributed by atoms with Crippen molar-refractivity contribution in [1.82, 2.24) is 14.8 Å². The molecule has 0 aliphatic carbocycles. The van der Waals surface area contributed by atoms with Gasteiger partial charge in [-0.25, -0.2) is 8.78 Å². The predicted octanol–water partition coefficient (Wildman–Crippen LogP) is 2.56. The highest BCUT2D eigenvalue weighted by Crippen LogP contribution is 2.31. The molecule has 1 aromatic carbocycles. The number of nitrogens with zero attached hydrogens (tertiary/aromatic N) is 2. The van der Waals surface area contributed by atoms with E-state index in [1.54, 1.807) is 4.90 Å². The number of nitrogens with one attached hydrogen (secondary N) is 1. The molecule has 0 radical (unpaired) electrons. The largest absolute Gasteiger partial charge is 0.368 e. The maximum absolute atomic E-state index is 14.7. The van der Waals surface area contributed by atoms with E-state index in [9.17, 15) is 18.4 Å². The number of aromatic amines is 1. The van der Waals surface area contributed by atoms with Crippen molar-refractivity contribution in [1.29, 1.82) is 0 Å². The van der Waals surface area contributed by atoms with Crippen LogP contribution in [0.4, 0.5) is 8.78 Å². The lowest BCUT2D eigenvalue weighted by molar-refractivity contribution is -0.142. The van der Waals surface area contributed by atoms with Crippen LogP contribution in [0.15, 0.2) is 12.1 Å². The second-order valence-electron chi connectivity index (χ2n) is 6.72. The lowest BCUT2D eigenvalue weighted by Crippen LogP contribution is -2.53. The van der Waals surface area contributed by atoms with E-state index in [2.05, 4.69) is 4.98 Å². The molecule has 1 N–H and O–H groups in total. The summed E-state index contributed by atoms with van der Waals surface area (Å²) in [7, 11) is 0. The summed E-state index contributed by atoms with van der Waals surface area (Å²) in [5.74, 6) is -2.21. The molecular weight excluding hydrogens is 380 g/mol. The lowest BCUT2D eigenvalue weighted by atomic mass is 10.2. The number of aromatic nitrogens is 1. The standard InChI is InChI=1S/C18H18ClF2N3O3/c19-14-10(20)3-4-11-13(14)15(21)16(22-11)18(26)24-7-5-23(6-8-24)17(25)12-2-1-9-27-12/h3-4,12,22H,1-2,5-9H2/t12-/m1/s1. The van der Waals surface area contributed by atoms with Gasteiger partial charge in [0.2, 0.25) is 0 Å². The molecule has 1 aromatic heterocycles. The Morgan fingerprint density at radius 2 is 1.85 bits per heavy atom. The number of carbonyl (C=O) groups is 2. The van der Waals surface area contributed by atoms with Gasteiger partial charge < -0.3 is 19.5 Å². The molecule has 3 heterocycles. The number of benzene rings is 1. The van der Waals surface area contributed by atoms with Crippen molar-refractivity contribution in [3.05, 3.63) is 34.5 Å². The number of halogens is 3. The van der Waals surface area contributed by atoms with E-state index in [1.807, 2.05) is 0 Å². The molecule has 0 bridgehead atoms. The van der Waals surface area contributed by atoms with Crippen molar-refractivity contribution in [2.75, 3.05) is 32.8 Å². The summed E-state index contributed by atoms with van der Waals surface area (Å²) in [4.78, 5) is 30.9. The third kappa shape index (κ3) is 3.17. The van der Waals surface area contributed by atoms with Gasteiger partial charge in [-0.15, -0.1) is 0 Å². The van der Waals surface area contributed by atoms with Crippen LogP contribution in [0.25, 0.3) is 10.9 Å². The highest BCUT2D eigenvalue weighted by Gasteiger charge is 2.33. The summed E-state index contributed by atoms with van der Waals surface area (Å²) in [6.45, 7) is 1.89. The first-order valence-corrected chi connectivity index (χ1v) is 9.20. The molecule has 2 aromatic rings. The third-order valence-corrected chi connectivity index (χ3v) is 5.46. The normalized spacial score (nSPS) is 20.5. The monoisotopic (exact) mass is 397 g/mol. The Kier molecular flexibility index (Phi) is 4.77. The highest BCUT2D eigenvalue weighted by molar-refractivity contribution is 6.35. The Balaban J connectivity index is 1.48. The van der Waals surface area contributed by atoms with Crippen molar-refractivity contribution in [3.63, 3.8) is 0 Å². The van der Waals surface area contributed by atoms with Gasteiger partial charge in [-0.3, -0.25) is 9.59 Å². The van der Waals surface area contributed by atoms with Crippen LogP contribution in [0.3, 0.4) is 0 Å². The first-order chi connectivity index (χ1) is 13.0. The molecule has 6 nitrogen and oxygen atoms in total. The minimum Gasteiger partial charge on any atom is -0.368 e. The molecular formula is C18H18ClF2N3O3. The summed E-state index contributed by atoms with van der Waals surface area (Å²) in [5, 5.41) is -0.487. The number of hydrogen-bond acceptors (Lipinski definition) is 3. The van der Waals surface area contributed by atoms with Crippen LogP contribution in [-0.2, 0) is 9.53 Å². The highest BCUT2D eigenvalue weighted by atomic mass is 35.5. The Morgan fingerprint density at radius 3 is 2.52 bits per heavy atom. The van der Waals surface area contributed by atoms with Gasteiger partial charge >= 0.3 is 0 Å². The molecule has 2 aliphatic rings. The van der Waals surface area contributed by atoms with E-state index in [4.69, 9.17) is 16.3 Å². The van der Waals surface area contributed by atoms with Crippen LogP contribution in [0.5, 0.6) is 0 Å². The molecule has 9 heteroatoms. The Morgan fingerprint density at radius 1 is 1.15 bits per heavy atom. The molecule has 2 saturated heterocycles. The SMILES string of the molecule is O=C(c1[nH]c2ccc(F)c(Cl)c2c1F)N1CCN(C(=O)[C@H]2CCCO2)CC1. The molecule has 144 valence electrons. The minimum absolute atomic E-state index is 0.0568. The molecule has 27 heavy (non-hydrogen) atoms. The van der Waals surface area contributed by atoms with Crippen LogP contribution in [0.1, 0.15) is 23.3 Å². The zero-order valence-electron chi connectivity index (χ0n) is 14.4. The fourth-order valence-electron chi connectivity index (χ4n) is 3.60. The van der Waals surface area contributed by atoms with Gasteiger partial charge in [-0.1, -0.05) is 11.6 Å². The number of fused-ring (bicyclic) bond motifs is 1. The van der Waals surface area contributed by atoms with Gasteiger partial charge in [0.25, 0.3) is 11.8 Å². The van der Waals surface area contributed by atoms with E-state index in [1.165, 1.54) is 11.0 Å². The van der Waals surface area contributed by atoms with Crippen molar-refractivity contribution < 1.29 is 23.1 Å². The molecule has 2 aliphatic heterocycles. The van der Waals surface area contributed by atoms with Gasteiger partial charge in [-0.05, 0) is 25.0 Å².